The Morgan fingerprint density at radius 1 is 1.21 bits per heavy atom. The number of aromatic nitrogens is 1. The van der Waals surface area contributed by atoms with E-state index in [2.05, 4.69) is 10.3 Å². The first-order chi connectivity index (χ1) is 13.5. The van der Waals surface area contributed by atoms with Gasteiger partial charge < -0.3 is 15.0 Å². The summed E-state index contributed by atoms with van der Waals surface area (Å²) in [6, 6.07) is 7.63. The average molecular weight is 402 g/mol. The van der Waals surface area contributed by atoms with Crippen molar-refractivity contribution in [3.05, 3.63) is 40.9 Å². The van der Waals surface area contributed by atoms with Crippen LogP contribution in [0.4, 0.5) is 5.13 Å². The summed E-state index contributed by atoms with van der Waals surface area (Å²) in [5.74, 6) is 0.559. The lowest BCUT2D eigenvalue weighted by Gasteiger charge is -2.34. The standard InChI is InChI=1S/C21H27N3O3S/c1-15-14-28-21(22-15)23-19(25)13-24(17-6-4-3-5-7-17)20(26)12-16-8-10-18(27-2)11-9-16/h8-11,14,17H,3-7,12-13H2,1-2H3,(H,22,23,25). The van der Waals surface area contributed by atoms with Crippen molar-refractivity contribution >= 4 is 28.3 Å². The van der Waals surface area contributed by atoms with Crippen molar-refractivity contribution in [3.8, 4) is 5.75 Å². The van der Waals surface area contributed by atoms with Gasteiger partial charge in [0.05, 0.1) is 19.2 Å². The molecule has 3 rings (SSSR count). The first-order valence-corrected chi connectivity index (χ1v) is 10.6. The molecular weight excluding hydrogens is 374 g/mol. The smallest absolute Gasteiger partial charge is 0.245 e. The minimum Gasteiger partial charge on any atom is -0.497 e. The van der Waals surface area contributed by atoms with Gasteiger partial charge in [-0.2, -0.15) is 0 Å². The van der Waals surface area contributed by atoms with Crippen LogP contribution in [-0.2, 0) is 16.0 Å². The van der Waals surface area contributed by atoms with E-state index in [-0.39, 0.29) is 30.8 Å². The van der Waals surface area contributed by atoms with Crippen molar-refractivity contribution in [1.29, 1.82) is 0 Å². The van der Waals surface area contributed by atoms with Crippen LogP contribution >= 0.6 is 11.3 Å². The van der Waals surface area contributed by atoms with Gasteiger partial charge in [0, 0.05) is 11.4 Å². The van der Waals surface area contributed by atoms with Gasteiger partial charge in [0.1, 0.15) is 12.3 Å². The van der Waals surface area contributed by atoms with Crippen molar-refractivity contribution in [2.24, 2.45) is 0 Å². The number of benzene rings is 1. The van der Waals surface area contributed by atoms with Crippen LogP contribution in [0.25, 0.3) is 0 Å². The van der Waals surface area contributed by atoms with E-state index in [9.17, 15) is 9.59 Å². The maximum atomic E-state index is 13.1. The summed E-state index contributed by atoms with van der Waals surface area (Å²) >= 11 is 1.40. The number of anilines is 1. The number of methoxy groups -OCH3 is 1. The molecule has 1 saturated carbocycles. The fraction of sp³-hybridized carbons (Fsp3) is 0.476. The first-order valence-electron chi connectivity index (χ1n) is 9.69. The van der Waals surface area contributed by atoms with E-state index in [0.717, 1.165) is 42.7 Å². The Balaban J connectivity index is 1.67. The molecule has 150 valence electrons. The molecule has 1 heterocycles. The number of hydrogen-bond donors (Lipinski definition) is 1. The molecule has 0 saturated heterocycles. The van der Waals surface area contributed by atoms with E-state index >= 15 is 0 Å². The molecule has 6 nitrogen and oxygen atoms in total. The van der Waals surface area contributed by atoms with Gasteiger partial charge in [-0.3, -0.25) is 9.59 Å². The summed E-state index contributed by atoms with van der Waals surface area (Å²) in [5.41, 5.74) is 1.79. The van der Waals surface area contributed by atoms with Crippen molar-refractivity contribution in [2.45, 2.75) is 51.5 Å². The van der Waals surface area contributed by atoms with E-state index in [1.165, 1.54) is 17.8 Å². The minimum atomic E-state index is -0.192. The van der Waals surface area contributed by atoms with Crippen LogP contribution in [0.5, 0.6) is 5.75 Å². The van der Waals surface area contributed by atoms with Crippen LogP contribution in [0.1, 0.15) is 43.4 Å². The third-order valence-electron chi connectivity index (χ3n) is 5.03. The number of hydrogen-bond acceptors (Lipinski definition) is 5. The molecule has 1 aliphatic rings. The maximum absolute atomic E-state index is 13.1. The Bertz CT molecular complexity index is 797. The number of aryl methyl sites for hydroxylation is 1. The van der Waals surface area contributed by atoms with Crippen molar-refractivity contribution in [2.75, 3.05) is 19.0 Å². The van der Waals surface area contributed by atoms with E-state index in [0.29, 0.717) is 5.13 Å². The zero-order valence-corrected chi connectivity index (χ0v) is 17.3. The maximum Gasteiger partial charge on any atom is 0.245 e. The van der Waals surface area contributed by atoms with Gasteiger partial charge in [-0.15, -0.1) is 11.3 Å². The lowest BCUT2D eigenvalue weighted by molar-refractivity contribution is -0.137. The summed E-state index contributed by atoms with van der Waals surface area (Å²) in [4.78, 5) is 31.7. The van der Waals surface area contributed by atoms with Crippen LogP contribution < -0.4 is 10.1 Å². The normalized spacial score (nSPS) is 14.5. The Morgan fingerprint density at radius 3 is 2.54 bits per heavy atom. The SMILES string of the molecule is COc1ccc(CC(=O)N(CC(=O)Nc2nc(C)cs2)C2CCCCC2)cc1. The molecule has 2 aromatic rings. The molecule has 1 N–H and O–H groups in total. The predicted molar refractivity (Wildman–Crippen MR) is 111 cm³/mol. The Kier molecular flexibility index (Phi) is 7.03. The number of carbonyl (C=O) groups excluding carboxylic acids is 2. The molecule has 28 heavy (non-hydrogen) atoms. The second kappa shape index (κ2) is 9.68. The van der Waals surface area contributed by atoms with Crippen LogP contribution in [0.2, 0.25) is 0 Å². The Morgan fingerprint density at radius 2 is 1.93 bits per heavy atom. The summed E-state index contributed by atoms with van der Waals surface area (Å²) in [6.07, 6.45) is 5.59. The summed E-state index contributed by atoms with van der Waals surface area (Å²) < 4.78 is 5.17. The van der Waals surface area contributed by atoms with Crippen molar-refractivity contribution in [1.82, 2.24) is 9.88 Å². The first kappa shape index (κ1) is 20.3. The highest BCUT2D eigenvalue weighted by molar-refractivity contribution is 7.13. The topological polar surface area (TPSA) is 71.5 Å². The van der Waals surface area contributed by atoms with E-state index < -0.39 is 0 Å². The van der Waals surface area contributed by atoms with Gasteiger partial charge in [0.25, 0.3) is 0 Å². The molecule has 0 radical (unpaired) electrons. The van der Waals surface area contributed by atoms with Crippen LogP contribution in [0, 0.1) is 6.92 Å². The number of ether oxygens (including phenoxy) is 1. The van der Waals surface area contributed by atoms with Gasteiger partial charge in [-0.1, -0.05) is 31.4 Å². The highest BCUT2D eigenvalue weighted by Crippen LogP contribution is 2.24. The van der Waals surface area contributed by atoms with Gasteiger partial charge >= 0.3 is 0 Å². The van der Waals surface area contributed by atoms with Crippen LogP contribution in [0.3, 0.4) is 0 Å². The second-order valence-corrected chi connectivity index (χ2v) is 8.04. The van der Waals surface area contributed by atoms with Crippen molar-refractivity contribution in [3.63, 3.8) is 0 Å². The van der Waals surface area contributed by atoms with Gasteiger partial charge in [-0.25, -0.2) is 4.98 Å². The molecule has 1 fully saturated rings. The number of thiazole rings is 1. The summed E-state index contributed by atoms with van der Waals surface area (Å²) in [5, 5.41) is 5.29. The molecule has 0 bridgehead atoms. The number of carbonyl (C=O) groups is 2. The van der Waals surface area contributed by atoms with E-state index in [1.54, 1.807) is 12.0 Å². The van der Waals surface area contributed by atoms with E-state index in [4.69, 9.17) is 4.74 Å². The number of rotatable bonds is 7. The molecule has 0 unspecified atom stereocenters. The molecule has 0 aliphatic heterocycles. The number of amides is 2. The molecule has 2 amide bonds. The van der Waals surface area contributed by atoms with Gasteiger partial charge in [0.2, 0.25) is 11.8 Å². The molecule has 7 heteroatoms. The fourth-order valence-corrected chi connectivity index (χ4v) is 4.26. The number of nitrogens with one attached hydrogen (secondary N) is 1. The Hall–Kier alpha value is -2.41. The van der Waals surface area contributed by atoms with Crippen LogP contribution in [0.15, 0.2) is 29.6 Å². The second-order valence-electron chi connectivity index (χ2n) is 7.18. The highest BCUT2D eigenvalue weighted by Gasteiger charge is 2.27. The lowest BCUT2D eigenvalue weighted by Crippen LogP contribution is -2.46. The largest absolute Gasteiger partial charge is 0.497 e. The predicted octanol–water partition coefficient (Wildman–Crippen LogP) is 3.80. The molecule has 0 atom stereocenters. The third kappa shape index (κ3) is 5.55. The third-order valence-corrected chi connectivity index (χ3v) is 5.91. The Labute approximate surface area is 169 Å². The van der Waals surface area contributed by atoms with E-state index in [1.807, 2.05) is 36.6 Å². The quantitative estimate of drug-likeness (QED) is 0.766. The zero-order chi connectivity index (χ0) is 19.9. The molecule has 1 aliphatic carbocycles. The van der Waals surface area contributed by atoms with Crippen LogP contribution in [-0.4, -0.2) is 41.4 Å². The summed E-state index contributed by atoms with van der Waals surface area (Å²) in [7, 11) is 1.62. The van der Waals surface area contributed by atoms with Crippen molar-refractivity contribution < 1.29 is 14.3 Å². The molecular formula is C21H27N3O3S. The minimum absolute atomic E-state index is 0.0115. The highest BCUT2D eigenvalue weighted by atomic mass is 32.1. The lowest BCUT2D eigenvalue weighted by atomic mass is 9.93. The zero-order valence-electron chi connectivity index (χ0n) is 16.4. The molecule has 1 aromatic heterocycles. The molecule has 0 spiro atoms. The van der Waals surface area contributed by atoms with Gasteiger partial charge in [-0.05, 0) is 37.5 Å². The van der Waals surface area contributed by atoms with Gasteiger partial charge in [0.15, 0.2) is 5.13 Å². The monoisotopic (exact) mass is 401 g/mol. The summed E-state index contributed by atoms with van der Waals surface area (Å²) in [6.45, 7) is 1.96. The average Bonchev–Trinajstić information content (AvgIpc) is 3.11. The number of nitrogens with zero attached hydrogens (tertiary/aromatic N) is 2. The molecule has 1 aromatic carbocycles. The fourth-order valence-electron chi connectivity index (χ4n) is 3.56.